The second kappa shape index (κ2) is 9.67. The van der Waals surface area contributed by atoms with Crippen molar-refractivity contribution in [3.63, 3.8) is 0 Å². The molecule has 158 valence electrons. The molecule has 3 rings (SSSR count). The molecule has 3 aliphatic rings. The van der Waals surface area contributed by atoms with Gasteiger partial charge in [-0.25, -0.2) is 0 Å². The first kappa shape index (κ1) is 21.7. The van der Waals surface area contributed by atoms with Crippen molar-refractivity contribution in [3.05, 3.63) is 0 Å². The minimum Gasteiger partial charge on any atom is -0.0654 e. The second-order valence-electron chi connectivity index (χ2n) is 11.9. The molecule has 0 radical (unpaired) electrons. The maximum Gasteiger partial charge on any atom is -0.0352 e. The topological polar surface area (TPSA) is 0 Å². The van der Waals surface area contributed by atoms with Crippen LogP contribution in [0.1, 0.15) is 125 Å². The summed E-state index contributed by atoms with van der Waals surface area (Å²) in [6.45, 7) is 12.5. The first-order valence-corrected chi connectivity index (χ1v) is 12.9. The van der Waals surface area contributed by atoms with Crippen LogP contribution in [0.4, 0.5) is 0 Å². The van der Waals surface area contributed by atoms with Crippen molar-refractivity contribution in [2.45, 2.75) is 125 Å². The average Bonchev–Trinajstić information content (AvgIpc) is 3.26. The van der Waals surface area contributed by atoms with Gasteiger partial charge in [0, 0.05) is 0 Å². The van der Waals surface area contributed by atoms with Crippen LogP contribution in [-0.2, 0) is 0 Å². The molecule has 0 nitrogen and oxygen atoms in total. The first-order chi connectivity index (χ1) is 12.9. The molecule has 0 aromatic heterocycles. The standard InChI is InChI=1S/C27H50/c1-6-11-21-18-19-24(20(21)2)26-17-10-15-23(27(3,4)5)14-9-16-25(26)22-12-7-8-13-22/h20-26H,6-19H2,1-5H3. The van der Waals surface area contributed by atoms with E-state index in [2.05, 4.69) is 34.6 Å². The third-order valence-corrected chi connectivity index (χ3v) is 9.46. The summed E-state index contributed by atoms with van der Waals surface area (Å²) < 4.78 is 0. The van der Waals surface area contributed by atoms with Gasteiger partial charge in [-0.15, -0.1) is 0 Å². The van der Waals surface area contributed by atoms with Crippen LogP contribution in [0, 0.1) is 46.8 Å². The molecule has 27 heavy (non-hydrogen) atoms. The molecule has 0 bridgehead atoms. The molecule has 0 heteroatoms. The molecule has 0 spiro atoms. The highest BCUT2D eigenvalue weighted by Crippen LogP contribution is 2.52. The van der Waals surface area contributed by atoms with Crippen LogP contribution in [0.2, 0.25) is 0 Å². The fourth-order valence-corrected chi connectivity index (χ4v) is 7.80. The van der Waals surface area contributed by atoms with Gasteiger partial charge in [0.25, 0.3) is 0 Å². The van der Waals surface area contributed by atoms with Crippen LogP contribution >= 0.6 is 0 Å². The van der Waals surface area contributed by atoms with Crippen LogP contribution in [0.25, 0.3) is 0 Å². The van der Waals surface area contributed by atoms with Gasteiger partial charge in [0.15, 0.2) is 0 Å². The minimum atomic E-state index is 0.509. The minimum absolute atomic E-state index is 0.509. The summed E-state index contributed by atoms with van der Waals surface area (Å²) in [7, 11) is 0. The Labute approximate surface area is 171 Å². The summed E-state index contributed by atoms with van der Waals surface area (Å²) in [6.07, 6.45) is 21.3. The smallest absolute Gasteiger partial charge is 0.0352 e. The first-order valence-electron chi connectivity index (χ1n) is 12.9. The normalized spacial score (nSPS) is 39.9. The Morgan fingerprint density at radius 2 is 1.30 bits per heavy atom. The third kappa shape index (κ3) is 5.33. The predicted molar refractivity (Wildman–Crippen MR) is 120 cm³/mol. The zero-order valence-corrected chi connectivity index (χ0v) is 19.4. The van der Waals surface area contributed by atoms with Crippen LogP contribution in [0.3, 0.4) is 0 Å². The van der Waals surface area contributed by atoms with Crippen molar-refractivity contribution in [1.29, 1.82) is 0 Å². The summed E-state index contributed by atoms with van der Waals surface area (Å²) in [5.41, 5.74) is 0.509. The van der Waals surface area contributed by atoms with Gasteiger partial charge in [-0.1, -0.05) is 86.0 Å². The van der Waals surface area contributed by atoms with Crippen molar-refractivity contribution in [1.82, 2.24) is 0 Å². The molecule has 0 aromatic rings. The van der Waals surface area contributed by atoms with Gasteiger partial charge < -0.3 is 0 Å². The molecule has 6 atom stereocenters. The Morgan fingerprint density at radius 3 is 1.89 bits per heavy atom. The van der Waals surface area contributed by atoms with E-state index >= 15 is 0 Å². The maximum absolute atomic E-state index is 2.65. The van der Waals surface area contributed by atoms with E-state index in [-0.39, 0.29) is 0 Å². The summed E-state index contributed by atoms with van der Waals surface area (Å²) in [4.78, 5) is 0. The third-order valence-electron chi connectivity index (χ3n) is 9.46. The van der Waals surface area contributed by atoms with Crippen molar-refractivity contribution in [3.8, 4) is 0 Å². The Balaban J connectivity index is 1.75. The Kier molecular flexibility index (Phi) is 7.77. The Hall–Kier alpha value is 0. The van der Waals surface area contributed by atoms with Crippen LogP contribution in [0.5, 0.6) is 0 Å². The highest BCUT2D eigenvalue weighted by atomic mass is 14.5. The molecular weight excluding hydrogens is 324 g/mol. The van der Waals surface area contributed by atoms with E-state index in [9.17, 15) is 0 Å². The fraction of sp³-hybridized carbons (Fsp3) is 1.00. The van der Waals surface area contributed by atoms with E-state index in [1.807, 2.05) is 0 Å². The maximum atomic E-state index is 2.65. The molecule has 3 saturated carbocycles. The van der Waals surface area contributed by atoms with E-state index in [1.165, 1.54) is 57.8 Å². The zero-order chi connectivity index (χ0) is 19.4. The molecule has 3 fully saturated rings. The number of rotatable bonds is 4. The summed E-state index contributed by atoms with van der Waals surface area (Å²) in [6, 6.07) is 0. The zero-order valence-electron chi connectivity index (χ0n) is 19.4. The fourth-order valence-electron chi connectivity index (χ4n) is 7.80. The predicted octanol–water partition coefficient (Wildman–Crippen LogP) is 8.89. The van der Waals surface area contributed by atoms with Gasteiger partial charge in [0.2, 0.25) is 0 Å². The largest absolute Gasteiger partial charge is 0.0654 e. The Morgan fingerprint density at radius 1 is 0.667 bits per heavy atom. The van der Waals surface area contributed by atoms with Crippen LogP contribution < -0.4 is 0 Å². The highest BCUT2D eigenvalue weighted by Gasteiger charge is 2.42. The van der Waals surface area contributed by atoms with E-state index in [4.69, 9.17) is 0 Å². The molecule has 0 aliphatic heterocycles. The van der Waals surface area contributed by atoms with Gasteiger partial charge in [0.05, 0.1) is 0 Å². The quantitative estimate of drug-likeness (QED) is 0.461. The van der Waals surface area contributed by atoms with Crippen LogP contribution in [-0.4, -0.2) is 0 Å². The number of hydrogen-bond acceptors (Lipinski definition) is 0. The molecule has 0 amide bonds. The van der Waals surface area contributed by atoms with Gasteiger partial charge in [-0.2, -0.15) is 0 Å². The van der Waals surface area contributed by atoms with E-state index < -0.39 is 0 Å². The molecular formula is C27H50. The Bertz CT molecular complexity index is 424. The van der Waals surface area contributed by atoms with E-state index in [0.717, 1.165) is 41.4 Å². The van der Waals surface area contributed by atoms with Gasteiger partial charge >= 0.3 is 0 Å². The second-order valence-corrected chi connectivity index (χ2v) is 11.9. The lowest BCUT2D eigenvalue weighted by Gasteiger charge is -2.38. The van der Waals surface area contributed by atoms with Crippen molar-refractivity contribution in [2.24, 2.45) is 46.8 Å². The van der Waals surface area contributed by atoms with Crippen LogP contribution in [0.15, 0.2) is 0 Å². The average molecular weight is 375 g/mol. The summed E-state index contributed by atoms with van der Waals surface area (Å²) in [5, 5.41) is 0. The molecule has 0 N–H and O–H groups in total. The highest BCUT2D eigenvalue weighted by molar-refractivity contribution is 4.92. The summed E-state index contributed by atoms with van der Waals surface area (Å²) in [5.74, 6) is 7.26. The molecule has 0 aromatic carbocycles. The van der Waals surface area contributed by atoms with E-state index in [0.29, 0.717) is 5.41 Å². The lowest BCUT2D eigenvalue weighted by Crippen LogP contribution is -2.31. The lowest BCUT2D eigenvalue weighted by molar-refractivity contribution is 0.110. The molecule has 6 unspecified atom stereocenters. The van der Waals surface area contributed by atoms with Crippen molar-refractivity contribution >= 4 is 0 Å². The number of hydrogen-bond donors (Lipinski definition) is 0. The van der Waals surface area contributed by atoms with Gasteiger partial charge in [-0.05, 0) is 85.4 Å². The monoisotopic (exact) mass is 374 g/mol. The lowest BCUT2D eigenvalue weighted by atomic mass is 9.67. The van der Waals surface area contributed by atoms with Crippen molar-refractivity contribution in [2.75, 3.05) is 0 Å². The molecule has 0 saturated heterocycles. The van der Waals surface area contributed by atoms with Gasteiger partial charge in [0.1, 0.15) is 0 Å². The molecule has 0 heterocycles. The summed E-state index contributed by atoms with van der Waals surface area (Å²) >= 11 is 0. The molecule has 3 aliphatic carbocycles. The SMILES string of the molecule is CCCC1CCC(C2CCCC(C(C)(C)C)CCCC2C2CCCC2)C1C. The van der Waals surface area contributed by atoms with Crippen molar-refractivity contribution < 1.29 is 0 Å². The van der Waals surface area contributed by atoms with E-state index in [1.54, 1.807) is 32.1 Å². The van der Waals surface area contributed by atoms with Gasteiger partial charge in [-0.3, -0.25) is 0 Å².